The Hall–Kier alpha value is -8.56. The summed E-state index contributed by atoms with van der Waals surface area (Å²) in [5, 5.41) is 7.98. The molecule has 0 saturated heterocycles. The highest BCUT2D eigenvalue weighted by molar-refractivity contribution is 7.19. The lowest BCUT2D eigenvalue weighted by molar-refractivity contribution is 0.660. The topological polar surface area (TPSA) is 4.93 Å². The van der Waals surface area contributed by atoms with Gasteiger partial charge in [-0.3, -0.25) is 0 Å². The van der Waals surface area contributed by atoms with E-state index >= 15 is 0 Å². The highest BCUT2D eigenvalue weighted by Crippen LogP contribution is 2.57. The van der Waals surface area contributed by atoms with Gasteiger partial charge in [-0.1, -0.05) is 250 Å². The second-order valence-corrected chi connectivity index (χ2v) is 24.1. The average molecular weight is 934 g/mol. The van der Waals surface area contributed by atoms with E-state index in [0.717, 1.165) is 0 Å². The molecule has 0 radical (unpaired) electrons. The minimum Gasteiger partial charge on any atom is -0.309 e. The third kappa shape index (κ3) is 6.00. The van der Waals surface area contributed by atoms with Crippen molar-refractivity contribution in [1.29, 1.82) is 0 Å². The van der Waals surface area contributed by atoms with Crippen molar-refractivity contribution in [3.05, 3.63) is 306 Å². The Morgan fingerprint density at radius 3 is 1.40 bits per heavy atom. The number of aromatic nitrogens is 1. The van der Waals surface area contributed by atoms with Gasteiger partial charge in [0.2, 0.25) is 0 Å². The highest BCUT2D eigenvalue weighted by Gasteiger charge is 2.49. The zero-order chi connectivity index (χ0) is 48.0. The number of hydrogen-bond donors (Lipinski definition) is 0. The molecule has 1 aromatic heterocycles. The maximum absolute atomic E-state index is 2.87. The molecule has 11 aromatic carbocycles. The van der Waals surface area contributed by atoms with Gasteiger partial charge in [0.15, 0.2) is 8.07 Å². The van der Waals surface area contributed by atoms with E-state index in [9.17, 15) is 0 Å². The van der Waals surface area contributed by atoms with E-state index in [1.807, 2.05) is 0 Å². The van der Waals surface area contributed by atoms with Crippen LogP contribution in [0.5, 0.6) is 0 Å². The molecule has 0 bridgehead atoms. The third-order valence-electron chi connectivity index (χ3n) is 16.4. The van der Waals surface area contributed by atoms with E-state index in [1.165, 1.54) is 115 Å². The molecule has 72 heavy (non-hydrogen) atoms. The maximum atomic E-state index is 2.62. The molecule has 0 N–H and O–H groups in total. The molecular formula is C70H51NSi. The molecule has 1 nitrogen and oxygen atoms in total. The van der Waals surface area contributed by atoms with E-state index < -0.39 is 13.5 Å². The SMILES string of the molecule is CC1(C)c2ccccc2-c2ccc(-n3c4ccccc4c4cc(-c5ccc6c(c5)C(c5ccccc5)(c5ccccc5)c5cc([Si](c7ccccc7)(c7ccccc7)c7ccccc7)ccc5-6)ccc43)cc21. The van der Waals surface area contributed by atoms with Gasteiger partial charge in [0.05, 0.1) is 16.4 Å². The van der Waals surface area contributed by atoms with Gasteiger partial charge >= 0.3 is 0 Å². The molecule has 2 aliphatic rings. The smallest absolute Gasteiger partial charge is 0.179 e. The van der Waals surface area contributed by atoms with Crippen LogP contribution < -0.4 is 20.7 Å². The summed E-state index contributed by atoms with van der Waals surface area (Å²) in [7, 11) is -2.87. The van der Waals surface area contributed by atoms with Gasteiger partial charge in [-0.25, -0.2) is 0 Å². The van der Waals surface area contributed by atoms with E-state index in [0.29, 0.717) is 0 Å². The van der Waals surface area contributed by atoms with Crippen LogP contribution in [0.1, 0.15) is 47.2 Å². The fourth-order valence-corrected chi connectivity index (χ4v) is 18.0. The summed E-state index contributed by atoms with van der Waals surface area (Å²) >= 11 is 0. The van der Waals surface area contributed by atoms with Crippen LogP contribution in [0.3, 0.4) is 0 Å². The first kappa shape index (κ1) is 42.3. The Morgan fingerprint density at radius 1 is 0.306 bits per heavy atom. The van der Waals surface area contributed by atoms with E-state index in [1.54, 1.807) is 0 Å². The van der Waals surface area contributed by atoms with Gasteiger partial charge < -0.3 is 4.57 Å². The Labute approximate surface area is 423 Å². The van der Waals surface area contributed by atoms with Crippen molar-refractivity contribution in [2.75, 3.05) is 0 Å². The summed E-state index contributed by atoms with van der Waals surface area (Å²) in [6.45, 7) is 4.74. The van der Waals surface area contributed by atoms with Crippen LogP contribution >= 0.6 is 0 Å². The van der Waals surface area contributed by atoms with E-state index in [2.05, 4.69) is 291 Å². The molecule has 12 aromatic rings. The molecule has 340 valence electrons. The lowest BCUT2D eigenvalue weighted by Crippen LogP contribution is -2.74. The third-order valence-corrected chi connectivity index (χ3v) is 21.2. The van der Waals surface area contributed by atoms with Gasteiger partial charge in [0, 0.05) is 21.9 Å². The van der Waals surface area contributed by atoms with Crippen LogP contribution in [0, 0.1) is 0 Å². The van der Waals surface area contributed by atoms with Crippen molar-refractivity contribution in [2.24, 2.45) is 0 Å². The van der Waals surface area contributed by atoms with Gasteiger partial charge in [-0.05, 0) is 124 Å². The number of nitrogens with zero attached hydrogens (tertiary/aromatic N) is 1. The lowest BCUT2D eigenvalue weighted by Gasteiger charge is -2.37. The lowest BCUT2D eigenvalue weighted by atomic mass is 9.67. The Bertz CT molecular complexity index is 3900. The molecule has 0 aliphatic heterocycles. The minimum atomic E-state index is -2.87. The monoisotopic (exact) mass is 933 g/mol. The van der Waals surface area contributed by atoms with E-state index in [-0.39, 0.29) is 5.41 Å². The fraction of sp³-hybridized carbons (Fsp3) is 0.0571. The Morgan fingerprint density at radius 2 is 0.764 bits per heavy atom. The second kappa shape index (κ2) is 16.2. The zero-order valence-corrected chi connectivity index (χ0v) is 41.4. The summed E-state index contributed by atoms with van der Waals surface area (Å²) in [6.07, 6.45) is 0. The van der Waals surface area contributed by atoms with Crippen LogP contribution in [0.15, 0.2) is 273 Å². The molecule has 0 atom stereocenters. The number of rotatable bonds is 8. The summed E-state index contributed by atoms with van der Waals surface area (Å²) < 4.78 is 2.48. The van der Waals surface area contributed by atoms with Crippen molar-refractivity contribution < 1.29 is 0 Å². The average Bonchev–Trinajstić information content (AvgIpc) is 4.02. The van der Waals surface area contributed by atoms with Crippen molar-refractivity contribution in [3.8, 4) is 39.1 Å². The summed E-state index contributed by atoms with van der Waals surface area (Å²) in [5.41, 5.74) is 18.5. The number of benzene rings is 11. The maximum Gasteiger partial charge on any atom is 0.179 e. The summed E-state index contributed by atoms with van der Waals surface area (Å²) in [5.74, 6) is 0. The minimum absolute atomic E-state index is 0.0892. The first-order chi connectivity index (χ1) is 35.5. The first-order valence-electron chi connectivity index (χ1n) is 25.3. The predicted octanol–water partition coefficient (Wildman–Crippen LogP) is 14.5. The van der Waals surface area contributed by atoms with Gasteiger partial charge in [-0.15, -0.1) is 0 Å². The van der Waals surface area contributed by atoms with Gasteiger partial charge in [-0.2, -0.15) is 0 Å². The largest absolute Gasteiger partial charge is 0.309 e. The number of hydrogen-bond acceptors (Lipinski definition) is 0. The molecule has 14 rings (SSSR count). The fourth-order valence-electron chi connectivity index (χ4n) is 13.2. The molecular weight excluding hydrogens is 883 g/mol. The first-order valence-corrected chi connectivity index (χ1v) is 27.3. The van der Waals surface area contributed by atoms with Crippen LogP contribution in [-0.2, 0) is 10.8 Å². The standard InChI is InChI=1S/C70H51NSi/c1-69(2)63-34-20-18-32-57(63)58-41-38-52(46-64(58)69)71-67-35-21-19-33-61(67)62-44-48(37-43-68(62)71)49-36-40-59-60-42-39-56(47-66(60)70(65(59)45-49,50-22-8-3-9-23-50)51-24-10-4-11-25-51)72(53-26-12-5-13-27-53,54-28-14-6-15-29-54)55-30-16-7-17-31-55/h3-47H,1-2H3. The summed E-state index contributed by atoms with van der Waals surface area (Å²) in [4.78, 5) is 0. The second-order valence-electron chi connectivity index (χ2n) is 20.3. The van der Waals surface area contributed by atoms with Crippen LogP contribution in [-0.4, -0.2) is 12.6 Å². The zero-order valence-electron chi connectivity index (χ0n) is 40.4. The van der Waals surface area contributed by atoms with Gasteiger partial charge in [0.1, 0.15) is 0 Å². The van der Waals surface area contributed by atoms with Crippen molar-refractivity contribution in [2.45, 2.75) is 24.7 Å². The Kier molecular flexibility index (Phi) is 9.55. The van der Waals surface area contributed by atoms with Gasteiger partial charge in [0.25, 0.3) is 0 Å². The highest BCUT2D eigenvalue weighted by atomic mass is 28.3. The molecule has 0 fully saturated rings. The molecule has 0 amide bonds. The van der Waals surface area contributed by atoms with Crippen LogP contribution in [0.4, 0.5) is 0 Å². The van der Waals surface area contributed by atoms with Crippen molar-refractivity contribution in [1.82, 2.24) is 4.57 Å². The van der Waals surface area contributed by atoms with Crippen LogP contribution in [0.25, 0.3) is 60.9 Å². The Balaban J connectivity index is 0.984. The molecule has 0 unspecified atom stereocenters. The molecule has 2 heteroatoms. The number of para-hydroxylation sites is 1. The predicted molar refractivity (Wildman–Crippen MR) is 305 cm³/mol. The molecule has 1 heterocycles. The van der Waals surface area contributed by atoms with Crippen LogP contribution in [0.2, 0.25) is 0 Å². The number of fused-ring (bicyclic) bond motifs is 9. The molecule has 2 aliphatic carbocycles. The van der Waals surface area contributed by atoms with E-state index in [4.69, 9.17) is 0 Å². The molecule has 0 saturated carbocycles. The van der Waals surface area contributed by atoms with Crippen molar-refractivity contribution in [3.63, 3.8) is 0 Å². The normalized spacial score (nSPS) is 13.9. The quantitative estimate of drug-likeness (QED) is 0.106. The summed E-state index contributed by atoms with van der Waals surface area (Å²) in [6, 6.07) is 103. The van der Waals surface area contributed by atoms with Crippen molar-refractivity contribution >= 4 is 50.6 Å². The molecule has 0 spiro atoms.